The summed E-state index contributed by atoms with van der Waals surface area (Å²) in [5.74, 6) is 1.16. The summed E-state index contributed by atoms with van der Waals surface area (Å²) in [6.45, 7) is 9.03. The Balaban J connectivity index is 1.37. The van der Waals surface area contributed by atoms with Crippen molar-refractivity contribution in [3.05, 3.63) is 29.6 Å². The molecule has 2 aromatic heterocycles. The van der Waals surface area contributed by atoms with Crippen molar-refractivity contribution in [2.45, 2.75) is 63.9 Å². The molecule has 2 aromatic rings. The van der Waals surface area contributed by atoms with Crippen molar-refractivity contribution in [1.29, 1.82) is 0 Å². The Bertz CT molecular complexity index is 992. The lowest BCUT2D eigenvalue weighted by molar-refractivity contribution is -0.137. The molecule has 3 heterocycles. The monoisotopic (exact) mass is 449 g/mol. The molecule has 5 atom stereocenters. The number of pyridine rings is 1. The van der Waals surface area contributed by atoms with Gasteiger partial charge in [-0.2, -0.15) is 18.3 Å². The lowest BCUT2D eigenvalue weighted by atomic mass is 10.0. The molecular weight excluding hydrogens is 419 g/mol. The summed E-state index contributed by atoms with van der Waals surface area (Å²) in [5, 5.41) is 4.68. The van der Waals surface area contributed by atoms with Crippen LogP contribution in [-0.4, -0.2) is 51.5 Å². The van der Waals surface area contributed by atoms with Crippen LogP contribution in [0, 0.1) is 11.8 Å². The maximum Gasteiger partial charge on any atom is 0.419 e. The molecule has 5 rings (SSSR count). The van der Waals surface area contributed by atoms with Gasteiger partial charge in [0.25, 0.3) is 0 Å². The molecule has 3 fully saturated rings. The molecule has 0 spiro atoms. The fourth-order valence-electron chi connectivity index (χ4n) is 5.78. The summed E-state index contributed by atoms with van der Waals surface area (Å²) in [7, 11) is 0. The van der Waals surface area contributed by atoms with Gasteiger partial charge in [0.15, 0.2) is 0 Å². The van der Waals surface area contributed by atoms with Crippen molar-refractivity contribution in [2.75, 3.05) is 25.4 Å². The van der Waals surface area contributed by atoms with Crippen LogP contribution in [-0.2, 0) is 10.9 Å². The van der Waals surface area contributed by atoms with Crippen LogP contribution in [0.2, 0.25) is 0 Å². The first-order valence-corrected chi connectivity index (χ1v) is 11.4. The van der Waals surface area contributed by atoms with E-state index in [1.54, 1.807) is 0 Å². The average molecular weight is 450 g/mol. The number of aromatic nitrogens is 3. The number of morpholine rings is 1. The van der Waals surface area contributed by atoms with E-state index in [0.29, 0.717) is 35.1 Å². The highest BCUT2D eigenvalue weighted by molar-refractivity contribution is 5.63. The minimum absolute atomic E-state index is 0.125. The van der Waals surface area contributed by atoms with Crippen molar-refractivity contribution >= 4 is 5.82 Å². The summed E-state index contributed by atoms with van der Waals surface area (Å²) >= 11 is 0. The number of hydrogen-bond acceptors (Lipinski definition) is 5. The largest absolute Gasteiger partial charge is 0.419 e. The highest BCUT2D eigenvalue weighted by Gasteiger charge is 2.58. The van der Waals surface area contributed by atoms with E-state index in [0.717, 1.165) is 31.5 Å². The maximum atomic E-state index is 13.3. The van der Waals surface area contributed by atoms with Gasteiger partial charge < -0.3 is 10.5 Å². The van der Waals surface area contributed by atoms with Crippen LogP contribution in [0.25, 0.3) is 11.3 Å². The van der Waals surface area contributed by atoms with E-state index in [9.17, 15) is 13.2 Å². The second-order valence-corrected chi connectivity index (χ2v) is 9.80. The summed E-state index contributed by atoms with van der Waals surface area (Å²) < 4.78 is 47.6. The maximum absolute atomic E-state index is 13.3. The van der Waals surface area contributed by atoms with Gasteiger partial charge >= 0.3 is 6.18 Å². The minimum Gasteiger partial charge on any atom is -0.383 e. The van der Waals surface area contributed by atoms with Crippen LogP contribution in [0.5, 0.6) is 0 Å². The minimum atomic E-state index is -4.55. The van der Waals surface area contributed by atoms with Crippen molar-refractivity contribution < 1.29 is 17.9 Å². The fraction of sp³-hybridized carbons (Fsp3) is 0.652. The van der Waals surface area contributed by atoms with E-state index < -0.39 is 17.6 Å². The number of nitrogens with two attached hydrogens (primary N) is 1. The summed E-state index contributed by atoms with van der Waals surface area (Å²) in [5.41, 5.74) is 6.55. The number of alkyl halides is 3. The molecule has 9 heteroatoms. The zero-order valence-electron chi connectivity index (χ0n) is 18.6. The highest BCUT2D eigenvalue weighted by Crippen LogP contribution is 2.64. The number of hydrogen-bond donors (Lipinski definition) is 1. The van der Waals surface area contributed by atoms with Gasteiger partial charge in [-0.25, -0.2) is 4.98 Å². The molecule has 0 radical (unpaired) electrons. The number of nitrogen functional groups attached to an aromatic ring is 1. The molecule has 0 bridgehead atoms. The van der Waals surface area contributed by atoms with E-state index in [-0.39, 0.29) is 12.1 Å². The van der Waals surface area contributed by atoms with Gasteiger partial charge in [0.2, 0.25) is 0 Å². The van der Waals surface area contributed by atoms with Crippen molar-refractivity contribution in [1.82, 2.24) is 19.7 Å². The molecule has 2 saturated carbocycles. The number of ether oxygens (including phenoxy) is 1. The van der Waals surface area contributed by atoms with Crippen LogP contribution < -0.4 is 5.73 Å². The Kier molecular flexibility index (Phi) is 5.24. The van der Waals surface area contributed by atoms with Crippen LogP contribution in [0.15, 0.2) is 18.3 Å². The third-order valence-corrected chi connectivity index (χ3v) is 7.32. The van der Waals surface area contributed by atoms with Crippen LogP contribution in [0.3, 0.4) is 0 Å². The summed E-state index contributed by atoms with van der Waals surface area (Å²) in [4.78, 5) is 6.35. The smallest absolute Gasteiger partial charge is 0.383 e. The first-order valence-electron chi connectivity index (χ1n) is 11.4. The van der Waals surface area contributed by atoms with E-state index in [1.165, 1.54) is 19.0 Å². The molecular formula is C23H30F3N5O. The zero-order chi connectivity index (χ0) is 22.8. The summed E-state index contributed by atoms with van der Waals surface area (Å²) in [6.07, 6.45) is -0.540. The lowest BCUT2D eigenvalue weighted by Crippen LogP contribution is -2.46. The van der Waals surface area contributed by atoms with Gasteiger partial charge in [0.1, 0.15) is 5.82 Å². The normalized spacial score (nSPS) is 30.7. The Hall–Kier alpha value is -2.13. The number of halogens is 3. The zero-order valence-corrected chi connectivity index (χ0v) is 18.6. The molecule has 3 aliphatic rings. The molecule has 1 aliphatic heterocycles. The van der Waals surface area contributed by atoms with Gasteiger partial charge in [-0.15, -0.1) is 0 Å². The fourth-order valence-corrected chi connectivity index (χ4v) is 5.78. The Morgan fingerprint density at radius 2 is 1.91 bits per heavy atom. The number of anilines is 1. The Morgan fingerprint density at radius 3 is 2.53 bits per heavy atom. The third kappa shape index (κ3) is 3.79. The van der Waals surface area contributed by atoms with Gasteiger partial charge in [0, 0.05) is 48.5 Å². The molecule has 174 valence electrons. The first-order chi connectivity index (χ1) is 15.1. The van der Waals surface area contributed by atoms with Gasteiger partial charge in [-0.05, 0) is 57.6 Å². The molecule has 2 N–H and O–H groups in total. The van der Waals surface area contributed by atoms with Crippen LogP contribution in [0.1, 0.15) is 56.8 Å². The lowest BCUT2D eigenvalue weighted by Gasteiger charge is -2.36. The van der Waals surface area contributed by atoms with Gasteiger partial charge in [-0.3, -0.25) is 9.58 Å². The predicted octanol–water partition coefficient (Wildman–Crippen LogP) is 4.34. The third-order valence-electron chi connectivity index (χ3n) is 7.32. The standard InChI is InChI=1S/C23H30F3N5O/c1-12(2)31-20(9-19(29-31)14-6-18(23(24,25)26)22(27)28-10-14)21-16-7-15(8-17(16)21)30-4-5-32-13(3)11-30/h6,9-10,12-13,15-17,21H,4-5,7-8,11H2,1-3H3,(H2,27,28)/t13-,15-,16-,17+,21+/m1/s1. The van der Waals surface area contributed by atoms with Gasteiger partial charge in [-0.1, -0.05) is 0 Å². The van der Waals surface area contributed by atoms with E-state index >= 15 is 0 Å². The number of fused-ring (bicyclic) bond motifs is 1. The van der Waals surface area contributed by atoms with Gasteiger partial charge in [0.05, 0.1) is 24.0 Å². The molecule has 0 unspecified atom stereocenters. The van der Waals surface area contributed by atoms with E-state index in [4.69, 9.17) is 10.5 Å². The molecule has 6 nitrogen and oxygen atoms in total. The molecule has 1 saturated heterocycles. The van der Waals surface area contributed by atoms with E-state index in [2.05, 4.69) is 35.8 Å². The second kappa shape index (κ2) is 7.73. The Morgan fingerprint density at radius 1 is 1.19 bits per heavy atom. The predicted molar refractivity (Wildman–Crippen MR) is 115 cm³/mol. The highest BCUT2D eigenvalue weighted by atomic mass is 19.4. The van der Waals surface area contributed by atoms with Crippen molar-refractivity contribution in [3.63, 3.8) is 0 Å². The van der Waals surface area contributed by atoms with Crippen molar-refractivity contribution in [3.8, 4) is 11.3 Å². The number of rotatable bonds is 4. The molecule has 32 heavy (non-hydrogen) atoms. The van der Waals surface area contributed by atoms with Crippen LogP contribution in [0.4, 0.5) is 19.0 Å². The molecule has 2 aliphatic carbocycles. The average Bonchev–Trinajstić information content (AvgIpc) is 3.08. The second-order valence-electron chi connectivity index (χ2n) is 9.80. The van der Waals surface area contributed by atoms with E-state index in [1.807, 2.05) is 10.7 Å². The molecule has 0 amide bonds. The topological polar surface area (TPSA) is 69.2 Å². The number of nitrogens with zero attached hydrogens (tertiary/aromatic N) is 4. The first kappa shape index (κ1) is 21.7. The SMILES string of the molecule is CC(C)n1nc(-c2cnc(N)c(C(F)(F)F)c2)cc1[C@H]1[C@@H]2C[C@@H](N3CCO[C@H](C)C3)C[C@@H]21. The quantitative estimate of drug-likeness (QED) is 0.752. The van der Waals surface area contributed by atoms with Crippen LogP contribution >= 0.6 is 0 Å². The summed E-state index contributed by atoms with van der Waals surface area (Å²) in [6, 6.07) is 3.75. The Labute approximate surface area is 185 Å². The molecule has 0 aromatic carbocycles. The van der Waals surface area contributed by atoms with Crippen molar-refractivity contribution in [2.24, 2.45) is 11.8 Å².